The molecule has 0 spiro atoms. The molecule has 4 heteroatoms. The predicted octanol–water partition coefficient (Wildman–Crippen LogP) is 6.83. The average molecular weight is 449 g/mol. The maximum absolute atomic E-state index is 4.74. The van der Waals surface area contributed by atoms with E-state index >= 15 is 0 Å². The van der Waals surface area contributed by atoms with Crippen molar-refractivity contribution in [1.82, 2.24) is 9.97 Å². The molecule has 162 valence electrons. The van der Waals surface area contributed by atoms with Gasteiger partial charge in [-0.25, -0.2) is 0 Å². The first kappa shape index (κ1) is 22.6. The Kier molecular flexibility index (Phi) is 6.90. The maximum Gasteiger partial charge on any atom is 0.0695 e. The van der Waals surface area contributed by atoms with E-state index in [0.29, 0.717) is 10.3 Å². The fraction of sp³-hybridized carbons (Fsp3) is 0.407. The second-order valence-corrected chi connectivity index (χ2v) is 15.5. The van der Waals surface area contributed by atoms with E-state index in [9.17, 15) is 0 Å². The van der Waals surface area contributed by atoms with E-state index in [-0.39, 0.29) is 7.92 Å². The molecule has 0 N–H and O–H groups in total. The van der Waals surface area contributed by atoms with Crippen LogP contribution in [0.2, 0.25) is 0 Å². The minimum Gasteiger partial charge on any atom is -0.256 e. The molecule has 1 saturated heterocycles. The van der Waals surface area contributed by atoms with Gasteiger partial charge in [0.2, 0.25) is 0 Å². The number of aromatic nitrogens is 2. The molecule has 0 saturated carbocycles. The summed E-state index contributed by atoms with van der Waals surface area (Å²) in [4.78, 5) is 9.47. The minimum absolute atomic E-state index is 0.108. The van der Waals surface area contributed by atoms with Gasteiger partial charge in [-0.05, 0) is 64.7 Å². The summed E-state index contributed by atoms with van der Waals surface area (Å²) in [5.41, 5.74) is 5.34. The lowest BCUT2D eigenvalue weighted by molar-refractivity contribution is 0.465. The van der Waals surface area contributed by atoms with Gasteiger partial charge in [0, 0.05) is 26.5 Å². The van der Waals surface area contributed by atoms with Crippen LogP contribution in [0.4, 0.5) is 0 Å². The predicted molar refractivity (Wildman–Crippen MR) is 137 cm³/mol. The molecule has 1 aromatic carbocycles. The summed E-state index contributed by atoms with van der Waals surface area (Å²) in [6, 6.07) is 21.7. The second-order valence-electron chi connectivity index (χ2n) is 9.80. The highest BCUT2D eigenvalue weighted by Crippen LogP contribution is 2.67. The molecule has 0 atom stereocenters. The largest absolute Gasteiger partial charge is 0.256 e. The standard InChI is InChI=1S/C27H34N2P2/c1-26(2)16-11-17-27(3,4)31(26)21-23-13-6-5-12-22(23)20-30(24-14-7-9-18-28-24)25-15-8-10-19-29-25/h5-10,12-15,18-19H,11,16-17,20-21H2,1-4H3. The molecule has 3 aromatic rings. The molecule has 1 aliphatic heterocycles. The molecule has 1 fully saturated rings. The zero-order valence-corrected chi connectivity index (χ0v) is 21.0. The van der Waals surface area contributed by atoms with Gasteiger partial charge in [-0.15, -0.1) is 0 Å². The first-order chi connectivity index (χ1) is 14.9. The Labute approximate surface area is 190 Å². The van der Waals surface area contributed by atoms with E-state index in [1.807, 2.05) is 24.5 Å². The van der Waals surface area contributed by atoms with E-state index in [1.54, 1.807) is 0 Å². The van der Waals surface area contributed by atoms with E-state index in [4.69, 9.17) is 9.97 Å². The third-order valence-corrected chi connectivity index (χ3v) is 13.0. The van der Waals surface area contributed by atoms with Crippen LogP contribution in [-0.2, 0) is 12.3 Å². The lowest BCUT2D eigenvalue weighted by Gasteiger charge is -2.50. The molecule has 0 bridgehead atoms. The van der Waals surface area contributed by atoms with Crippen LogP contribution >= 0.6 is 15.8 Å². The van der Waals surface area contributed by atoms with Crippen LogP contribution in [0.25, 0.3) is 0 Å². The second kappa shape index (κ2) is 9.48. The summed E-state index contributed by atoms with van der Waals surface area (Å²) in [7, 11) is -0.738. The summed E-state index contributed by atoms with van der Waals surface area (Å²) in [5.74, 6) is 0. The summed E-state index contributed by atoms with van der Waals surface area (Å²) in [6.45, 7) is 10.0. The Morgan fingerprint density at radius 2 is 1.26 bits per heavy atom. The molecule has 2 aromatic heterocycles. The highest BCUT2D eigenvalue weighted by atomic mass is 31.1. The van der Waals surface area contributed by atoms with Gasteiger partial charge in [-0.1, -0.05) is 78.4 Å². The normalized spacial score (nSPS) is 18.2. The van der Waals surface area contributed by atoms with Crippen LogP contribution in [-0.4, -0.2) is 20.3 Å². The van der Waals surface area contributed by atoms with Crippen molar-refractivity contribution < 1.29 is 0 Å². The minimum atomic E-state index is -0.629. The highest BCUT2D eigenvalue weighted by Gasteiger charge is 2.43. The summed E-state index contributed by atoms with van der Waals surface area (Å²) >= 11 is 0. The van der Waals surface area contributed by atoms with Crippen LogP contribution < -0.4 is 10.9 Å². The Bertz CT molecular complexity index is 931. The van der Waals surface area contributed by atoms with Gasteiger partial charge in [0.15, 0.2) is 0 Å². The van der Waals surface area contributed by atoms with Gasteiger partial charge in [-0.3, -0.25) is 9.97 Å². The highest BCUT2D eigenvalue weighted by molar-refractivity contribution is 7.71. The van der Waals surface area contributed by atoms with Crippen LogP contribution in [0.15, 0.2) is 73.1 Å². The van der Waals surface area contributed by atoms with Crippen molar-refractivity contribution in [2.24, 2.45) is 0 Å². The Balaban J connectivity index is 1.67. The monoisotopic (exact) mass is 448 g/mol. The number of hydrogen-bond donors (Lipinski definition) is 0. The molecule has 2 nitrogen and oxygen atoms in total. The Morgan fingerprint density at radius 3 is 1.77 bits per heavy atom. The van der Waals surface area contributed by atoms with Crippen molar-refractivity contribution in [2.45, 2.75) is 69.6 Å². The molecule has 1 aliphatic rings. The molecule has 0 radical (unpaired) electrons. The molecular weight excluding hydrogens is 414 g/mol. The number of rotatable bonds is 6. The zero-order chi connectivity index (χ0) is 21.9. The van der Waals surface area contributed by atoms with Gasteiger partial charge >= 0.3 is 0 Å². The van der Waals surface area contributed by atoms with E-state index in [0.717, 1.165) is 17.0 Å². The van der Waals surface area contributed by atoms with Crippen molar-refractivity contribution in [3.63, 3.8) is 0 Å². The van der Waals surface area contributed by atoms with Crippen molar-refractivity contribution in [3.8, 4) is 0 Å². The number of benzene rings is 1. The van der Waals surface area contributed by atoms with Crippen molar-refractivity contribution in [1.29, 1.82) is 0 Å². The van der Waals surface area contributed by atoms with Gasteiger partial charge in [0.25, 0.3) is 0 Å². The average Bonchev–Trinajstić information content (AvgIpc) is 2.76. The van der Waals surface area contributed by atoms with E-state index < -0.39 is 7.92 Å². The van der Waals surface area contributed by atoms with Gasteiger partial charge in [-0.2, -0.15) is 0 Å². The summed E-state index contributed by atoms with van der Waals surface area (Å²) in [6.07, 6.45) is 10.1. The lowest BCUT2D eigenvalue weighted by Crippen LogP contribution is -2.35. The first-order valence-corrected chi connectivity index (χ1v) is 14.4. The fourth-order valence-electron chi connectivity index (χ4n) is 4.98. The molecule has 31 heavy (non-hydrogen) atoms. The Hall–Kier alpha value is -1.62. The molecule has 4 rings (SSSR count). The third-order valence-electron chi connectivity index (χ3n) is 6.67. The van der Waals surface area contributed by atoms with Crippen LogP contribution in [0.3, 0.4) is 0 Å². The molecular formula is C27H34N2P2. The van der Waals surface area contributed by atoms with Crippen LogP contribution in [0.1, 0.15) is 58.1 Å². The molecule has 3 heterocycles. The fourth-order valence-corrected chi connectivity index (χ4v) is 11.1. The van der Waals surface area contributed by atoms with Crippen molar-refractivity contribution in [3.05, 3.63) is 84.2 Å². The SMILES string of the molecule is CC1(C)CCCC(C)(C)P1Cc1ccccc1CP(c1ccccn1)c1ccccn1. The van der Waals surface area contributed by atoms with Gasteiger partial charge in [0.05, 0.1) is 10.9 Å². The zero-order valence-electron chi connectivity index (χ0n) is 19.3. The quantitative estimate of drug-likeness (QED) is 0.386. The number of hydrogen-bond acceptors (Lipinski definition) is 2. The summed E-state index contributed by atoms with van der Waals surface area (Å²) in [5, 5.41) is 0.883. The number of nitrogens with zero attached hydrogens (tertiary/aromatic N) is 2. The number of pyridine rings is 2. The van der Waals surface area contributed by atoms with E-state index in [1.165, 1.54) is 36.6 Å². The molecule has 0 amide bonds. The topological polar surface area (TPSA) is 25.8 Å². The van der Waals surface area contributed by atoms with Gasteiger partial charge in [0.1, 0.15) is 0 Å². The Morgan fingerprint density at radius 1 is 0.742 bits per heavy atom. The first-order valence-electron chi connectivity index (χ1n) is 11.3. The molecule has 0 aliphatic carbocycles. The van der Waals surface area contributed by atoms with Crippen LogP contribution in [0.5, 0.6) is 0 Å². The van der Waals surface area contributed by atoms with Crippen molar-refractivity contribution in [2.75, 3.05) is 0 Å². The third kappa shape index (κ3) is 5.24. The maximum atomic E-state index is 4.74. The lowest BCUT2D eigenvalue weighted by atomic mass is 9.98. The van der Waals surface area contributed by atoms with Gasteiger partial charge < -0.3 is 0 Å². The van der Waals surface area contributed by atoms with Crippen LogP contribution in [0, 0.1) is 0 Å². The molecule has 0 unspecified atom stereocenters. The summed E-state index contributed by atoms with van der Waals surface area (Å²) < 4.78 is 0. The smallest absolute Gasteiger partial charge is 0.0695 e. The van der Waals surface area contributed by atoms with E-state index in [2.05, 4.69) is 76.2 Å². The van der Waals surface area contributed by atoms with Crippen molar-refractivity contribution >= 4 is 26.7 Å².